The van der Waals surface area contributed by atoms with Crippen LogP contribution in [0.3, 0.4) is 0 Å². The Kier molecular flexibility index (Phi) is 2.11. The summed E-state index contributed by atoms with van der Waals surface area (Å²) in [5.41, 5.74) is 12.2. The monoisotopic (exact) mass is 202 g/mol. The first kappa shape index (κ1) is 9.58. The molecule has 2 heterocycles. The van der Waals surface area contributed by atoms with Crippen molar-refractivity contribution >= 4 is 11.6 Å². The Morgan fingerprint density at radius 3 is 2.47 bits per heavy atom. The number of nitrogens with one attached hydrogen (secondary N) is 1. The molecular weight excluding hydrogens is 188 g/mol. The highest BCUT2D eigenvalue weighted by atomic mass is 14.9. The number of rotatable bonds is 1. The zero-order chi connectivity index (χ0) is 10.9. The van der Waals surface area contributed by atoms with Gasteiger partial charge in [-0.3, -0.25) is 0 Å². The van der Waals surface area contributed by atoms with Gasteiger partial charge in [-0.15, -0.1) is 0 Å². The molecule has 15 heavy (non-hydrogen) atoms. The smallest absolute Gasteiger partial charge is 0.130 e. The van der Waals surface area contributed by atoms with Gasteiger partial charge in [0.25, 0.3) is 0 Å². The largest absolute Gasteiger partial charge is 0.384 e. The molecule has 0 aromatic carbocycles. The molecule has 0 bridgehead atoms. The van der Waals surface area contributed by atoms with E-state index in [1.165, 1.54) is 0 Å². The standard InChI is InChI=1S/C11H14N4/c1-11(4-6-14-7-5-11)8-2-3-9(12)15-10(8)13/h2-7,14H,1H3,(H4,12,13,15). The van der Waals surface area contributed by atoms with Crippen LogP contribution in [-0.2, 0) is 5.41 Å². The molecule has 0 fully saturated rings. The van der Waals surface area contributed by atoms with Crippen LogP contribution < -0.4 is 16.8 Å². The van der Waals surface area contributed by atoms with Crippen LogP contribution in [0.15, 0.2) is 36.7 Å². The molecule has 0 atom stereocenters. The topological polar surface area (TPSA) is 77.0 Å². The van der Waals surface area contributed by atoms with E-state index in [0.717, 1.165) is 5.56 Å². The summed E-state index contributed by atoms with van der Waals surface area (Å²) in [6.45, 7) is 2.07. The van der Waals surface area contributed by atoms with Crippen LogP contribution in [0, 0.1) is 0 Å². The molecule has 0 aliphatic carbocycles. The lowest BCUT2D eigenvalue weighted by Crippen LogP contribution is -2.22. The zero-order valence-electron chi connectivity index (χ0n) is 8.57. The molecule has 1 aromatic heterocycles. The number of hydrogen-bond donors (Lipinski definition) is 3. The van der Waals surface area contributed by atoms with E-state index in [0.29, 0.717) is 11.6 Å². The lowest BCUT2D eigenvalue weighted by molar-refractivity contribution is 0.732. The first-order chi connectivity index (χ1) is 7.12. The van der Waals surface area contributed by atoms with Gasteiger partial charge in [0.1, 0.15) is 11.6 Å². The van der Waals surface area contributed by atoms with Crippen LogP contribution >= 0.6 is 0 Å². The zero-order valence-corrected chi connectivity index (χ0v) is 8.57. The summed E-state index contributed by atoms with van der Waals surface area (Å²) in [4.78, 5) is 4.06. The summed E-state index contributed by atoms with van der Waals surface area (Å²) in [5, 5.41) is 2.99. The first-order valence-electron chi connectivity index (χ1n) is 4.76. The van der Waals surface area contributed by atoms with Gasteiger partial charge in [-0.2, -0.15) is 0 Å². The predicted octanol–water partition coefficient (Wildman–Crippen LogP) is 1.13. The van der Waals surface area contributed by atoms with E-state index in [4.69, 9.17) is 11.5 Å². The number of allylic oxidation sites excluding steroid dienone is 2. The van der Waals surface area contributed by atoms with Crippen molar-refractivity contribution in [3.8, 4) is 0 Å². The van der Waals surface area contributed by atoms with Crippen LogP contribution in [0.2, 0.25) is 0 Å². The Hall–Kier alpha value is -1.97. The van der Waals surface area contributed by atoms with Gasteiger partial charge < -0.3 is 16.8 Å². The van der Waals surface area contributed by atoms with Gasteiger partial charge in [-0.05, 0) is 25.4 Å². The molecule has 5 N–H and O–H groups in total. The van der Waals surface area contributed by atoms with Crippen molar-refractivity contribution in [1.82, 2.24) is 10.3 Å². The highest BCUT2D eigenvalue weighted by Gasteiger charge is 2.24. The second-order valence-corrected chi connectivity index (χ2v) is 3.78. The fraction of sp³-hybridized carbons (Fsp3) is 0.182. The fourth-order valence-electron chi connectivity index (χ4n) is 1.68. The molecular formula is C11H14N4. The van der Waals surface area contributed by atoms with Crippen LogP contribution in [-0.4, -0.2) is 4.98 Å². The van der Waals surface area contributed by atoms with Gasteiger partial charge in [-0.1, -0.05) is 18.2 Å². The number of pyridine rings is 1. The van der Waals surface area contributed by atoms with Crippen LogP contribution in [0.4, 0.5) is 11.6 Å². The quantitative estimate of drug-likeness (QED) is 0.638. The van der Waals surface area contributed by atoms with E-state index >= 15 is 0 Å². The molecule has 0 radical (unpaired) electrons. The summed E-state index contributed by atoms with van der Waals surface area (Å²) < 4.78 is 0. The highest BCUT2D eigenvalue weighted by Crippen LogP contribution is 2.31. The minimum absolute atomic E-state index is 0.212. The lowest BCUT2D eigenvalue weighted by Gasteiger charge is -2.25. The minimum Gasteiger partial charge on any atom is -0.384 e. The summed E-state index contributed by atoms with van der Waals surface area (Å²) in [7, 11) is 0. The Labute approximate surface area is 88.7 Å². The Balaban J connectivity index is 2.49. The van der Waals surface area contributed by atoms with Crippen LogP contribution in [0.25, 0.3) is 0 Å². The molecule has 78 valence electrons. The Bertz CT molecular complexity index is 422. The van der Waals surface area contributed by atoms with Crippen molar-refractivity contribution < 1.29 is 0 Å². The van der Waals surface area contributed by atoms with E-state index in [1.807, 2.05) is 30.6 Å². The second-order valence-electron chi connectivity index (χ2n) is 3.78. The number of anilines is 2. The normalized spacial score (nSPS) is 17.4. The van der Waals surface area contributed by atoms with Crippen LogP contribution in [0.5, 0.6) is 0 Å². The lowest BCUT2D eigenvalue weighted by atomic mass is 9.82. The molecule has 4 heteroatoms. The Morgan fingerprint density at radius 1 is 1.20 bits per heavy atom. The summed E-state index contributed by atoms with van der Waals surface area (Å²) in [6.07, 6.45) is 7.85. The second kappa shape index (κ2) is 3.31. The molecule has 1 aromatic rings. The maximum atomic E-state index is 5.86. The number of nitrogens with two attached hydrogens (primary N) is 2. The number of dihydropyridines is 1. The average Bonchev–Trinajstić information content (AvgIpc) is 2.18. The molecule has 0 spiro atoms. The van der Waals surface area contributed by atoms with E-state index in [1.54, 1.807) is 6.07 Å². The number of hydrogen-bond acceptors (Lipinski definition) is 4. The van der Waals surface area contributed by atoms with Crippen molar-refractivity contribution in [1.29, 1.82) is 0 Å². The van der Waals surface area contributed by atoms with E-state index in [2.05, 4.69) is 17.2 Å². The maximum absolute atomic E-state index is 5.86. The number of nitrogens with zero attached hydrogens (tertiary/aromatic N) is 1. The summed E-state index contributed by atoms with van der Waals surface area (Å²) >= 11 is 0. The maximum Gasteiger partial charge on any atom is 0.130 e. The molecule has 2 rings (SSSR count). The van der Waals surface area contributed by atoms with E-state index in [-0.39, 0.29) is 5.41 Å². The molecule has 0 unspecified atom stereocenters. The van der Waals surface area contributed by atoms with E-state index < -0.39 is 0 Å². The third kappa shape index (κ3) is 1.66. The molecule has 0 saturated carbocycles. The molecule has 4 nitrogen and oxygen atoms in total. The van der Waals surface area contributed by atoms with Crippen molar-refractivity contribution in [2.45, 2.75) is 12.3 Å². The molecule has 0 saturated heterocycles. The van der Waals surface area contributed by atoms with Crippen molar-refractivity contribution in [3.63, 3.8) is 0 Å². The summed E-state index contributed by atoms with van der Waals surface area (Å²) in [6, 6.07) is 3.68. The predicted molar refractivity (Wildman–Crippen MR) is 61.8 cm³/mol. The highest BCUT2D eigenvalue weighted by molar-refractivity contribution is 5.54. The molecule has 1 aliphatic heterocycles. The van der Waals surface area contributed by atoms with Crippen molar-refractivity contribution in [2.75, 3.05) is 11.5 Å². The van der Waals surface area contributed by atoms with Gasteiger partial charge in [0.2, 0.25) is 0 Å². The van der Waals surface area contributed by atoms with E-state index in [9.17, 15) is 0 Å². The van der Waals surface area contributed by atoms with Crippen molar-refractivity contribution in [3.05, 3.63) is 42.2 Å². The third-order valence-electron chi connectivity index (χ3n) is 2.58. The number of aromatic nitrogens is 1. The SMILES string of the molecule is CC1(c2ccc(N)nc2N)C=CNC=C1. The van der Waals surface area contributed by atoms with Gasteiger partial charge in [-0.25, -0.2) is 4.98 Å². The van der Waals surface area contributed by atoms with Gasteiger partial charge in [0, 0.05) is 11.0 Å². The number of nitrogen functional groups attached to an aromatic ring is 2. The molecule has 1 aliphatic rings. The van der Waals surface area contributed by atoms with Gasteiger partial charge >= 0.3 is 0 Å². The summed E-state index contributed by atoms with van der Waals surface area (Å²) in [5.74, 6) is 0.926. The average molecular weight is 202 g/mol. The third-order valence-corrected chi connectivity index (χ3v) is 2.58. The fourth-order valence-corrected chi connectivity index (χ4v) is 1.68. The molecule has 0 amide bonds. The first-order valence-corrected chi connectivity index (χ1v) is 4.76. The Morgan fingerprint density at radius 2 is 1.87 bits per heavy atom. The van der Waals surface area contributed by atoms with Gasteiger partial charge in [0.15, 0.2) is 0 Å². The van der Waals surface area contributed by atoms with Gasteiger partial charge in [0.05, 0.1) is 0 Å². The van der Waals surface area contributed by atoms with Crippen LogP contribution in [0.1, 0.15) is 12.5 Å². The minimum atomic E-state index is -0.212. The van der Waals surface area contributed by atoms with Crippen molar-refractivity contribution in [2.24, 2.45) is 0 Å².